The largest absolute Gasteiger partial charge is 0.491 e. The van der Waals surface area contributed by atoms with E-state index in [4.69, 9.17) is 32.9 Å². The Morgan fingerprint density at radius 1 is 1.14 bits per heavy atom. The Labute approximate surface area is 181 Å². The first-order chi connectivity index (χ1) is 14.0. The molecule has 1 aliphatic heterocycles. The lowest BCUT2D eigenvalue weighted by atomic mass is 10.1. The van der Waals surface area contributed by atoms with Gasteiger partial charge in [-0.05, 0) is 63.7 Å². The van der Waals surface area contributed by atoms with Crippen LogP contribution in [0.2, 0.25) is 10.0 Å². The molecule has 154 valence electrons. The molecular formula is C22H26Cl2N4O. The Bertz CT molecular complexity index is 977. The third-order valence-corrected chi connectivity index (χ3v) is 5.53. The van der Waals surface area contributed by atoms with Gasteiger partial charge in [-0.2, -0.15) is 0 Å². The summed E-state index contributed by atoms with van der Waals surface area (Å²) in [5.41, 5.74) is 3.81. The Hall–Kier alpha value is -1.79. The molecule has 1 saturated heterocycles. The van der Waals surface area contributed by atoms with Crippen LogP contribution in [0.3, 0.4) is 0 Å². The smallest absolute Gasteiger partial charge is 0.156 e. The standard InChI is InChI=1S/C22H26Cl2N4O/c1-15(2)29-18-6-4-16(5-7-18)21-20(14-27-10-3-8-25-9-11-27)28-13-17(23)12-19(24)22(28)26-21/h4-7,12-13,15,25H,3,8-11,14H2,1-2H3. The van der Waals surface area contributed by atoms with Crippen molar-refractivity contribution in [3.63, 3.8) is 0 Å². The summed E-state index contributed by atoms with van der Waals surface area (Å²) >= 11 is 12.8. The molecule has 0 aliphatic carbocycles. The average molecular weight is 433 g/mol. The fourth-order valence-electron chi connectivity index (χ4n) is 3.74. The van der Waals surface area contributed by atoms with Crippen molar-refractivity contribution >= 4 is 28.8 Å². The highest BCUT2D eigenvalue weighted by molar-refractivity contribution is 6.36. The molecule has 0 saturated carbocycles. The van der Waals surface area contributed by atoms with Crippen LogP contribution in [0.25, 0.3) is 16.9 Å². The topological polar surface area (TPSA) is 41.8 Å². The van der Waals surface area contributed by atoms with Crippen molar-refractivity contribution in [3.05, 3.63) is 52.3 Å². The predicted molar refractivity (Wildman–Crippen MR) is 119 cm³/mol. The molecule has 3 heterocycles. The minimum absolute atomic E-state index is 0.143. The van der Waals surface area contributed by atoms with Gasteiger partial charge in [0.05, 0.1) is 27.5 Å². The number of aromatic nitrogens is 2. The van der Waals surface area contributed by atoms with Gasteiger partial charge >= 0.3 is 0 Å². The van der Waals surface area contributed by atoms with Gasteiger partial charge in [-0.15, -0.1) is 0 Å². The zero-order valence-electron chi connectivity index (χ0n) is 16.8. The molecule has 1 aliphatic rings. The van der Waals surface area contributed by atoms with Crippen LogP contribution in [0.15, 0.2) is 36.5 Å². The maximum atomic E-state index is 6.48. The van der Waals surface area contributed by atoms with E-state index in [2.05, 4.69) is 22.3 Å². The normalized spacial score (nSPS) is 15.8. The molecule has 1 fully saturated rings. The molecule has 1 aromatic carbocycles. The maximum Gasteiger partial charge on any atom is 0.156 e. The fraction of sp³-hybridized carbons (Fsp3) is 0.409. The van der Waals surface area contributed by atoms with Gasteiger partial charge in [-0.1, -0.05) is 23.2 Å². The lowest BCUT2D eigenvalue weighted by Gasteiger charge is -2.20. The molecule has 0 atom stereocenters. The highest BCUT2D eigenvalue weighted by Crippen LogP contribution is 2.31. The third-order valence-electron chi connectivity index (χ3n) is 5.05. The number of benzene rings is 1. The number of nitrogens with one attached hydrogen (secondary N) is 1. The summed E-state index contributed by atoms with van der Waals surface area (Å²) in [4.78, 5) is 7.35. The summed E-state index contributed by atoms with van der Waals surface area (Å²) in [5, 5.41) is 4.62. The molecule has 29 heavy (non-hydrogen) atoms. The zero-order chi connectivity index (χ0) is 20.4. The van der Waals surface area contributed by atoms with Gasteiger partial charge < -0.3 is 10.1 Å². The highest BCUT2D eigenvalue weighted by atomic mass is 35.5. The van der Waals surface area contributed by atoms with E-state index in [1.807, 2.05) is 36.6 Å². The minimum atomic E-state index is 0.143. The monoisotopic (exact) mass is 432 g/mol. The maximum absolute atomic E-state index is 6.48. The van der Waals surface area contributed by atoms with Crippen LogP contribution in [0, 0.1) is 0 Å². The van der Waals surface area contributed by atoms with E-state index in [1.54, 1.807) is 6.07 Å². The molecule has 3 aromatic rings. The summed E-state index contributed by atoms with van der Waals surface area (Å²) in [6, 6.07) is 9.85. The van der Waals surface area contributed by atoms with Gasteiger partial charge in [0.25, 0.3) is 0 Å². The number of pyridine rings is 1. The summed E-state index contributed by atoms with van der Waals surface area (Å²) in [7, 11) is 0. The SMILES string of the molecule is CC(C)Oc1ccc(-c2nc3c(Cl)cc(Cl)cn3c2CN2CCCNCC2)cc1. The first kappa shape index (κ1) is 20.5. The number of nitrogens with zero attached hydrogens (tertiary/aromatic N) is 3. The second-order valence-corrected chi connectivity index (χ2v) is 8.52. The van der Waals surface area contributed by atoms with Crippen LogP contribution < -0.4 is 10.1 Å². The molecule has 7 heteroatoms. The highest BCUT2D eigenvalue weighted by Gasteiger charge is 2.20. The van der Waals surface area contributed by atoms with Gasteiger partial charge in [-0.3, -0.25) is 9.30 Å². The summed E-state index contributed by atoms with van der Waals surface area (Å²) in [6.07, 6.45) is 3.18. The Kier molecular flexibility index (Phi) is 6.30. The van der Waals surface area contributed by atoms with E-state index in [9.17, 15) is 0 Å². The van der Waals surface area contributed by atoms with Crippen molar-refractivity contribution in [2.45, 2.75) is 32.9 Å². The lowest BCUT2D eigenvalue weighted by molar-refractivity contribution is 0.242. The van der Waals surface area contributed by atoms with Gasteiger partial charge in [0.2, 0.25) is 0 Å². The van der Waals surface area contributed by atoms with Crippen molar-refractivity contribution < 1.29 is 4.74 Å². The van der Waals surface area contributed by atoms with E-state index in [0.717, 1.165) is 67.5 Å². The molecule has 0 bridgehead atoms. The van der Waals surface area contributed by atoms with E-state index in [-0.39, 0.29) is 6.10 Å². The van der Waals surface area contributed by atoms with Crippen molar-refractivity contribution in [2.75, 3.05) is 26.2 Å². The minimum Gasteiger partial charge on any atom is -0.491 e. The molecule has 0 unspecified atom stereocenters. The van der Waals surface area contributed by atoms with Gasteiger partial charge in [0, 0.05) is 31.4 Å². The van der Waals surface area contributed by atoms with Gasteiger partial charge in [-0.25, -0.2) is 4.98 Å². The number of rotatable bonds is 5. The van der Waals surface area contributed by atoms with E-state index in [1.165, 1.54) is 0 Å². The number of fused-ring (bicyclic) bond motifs is 1. The van der Waals surface area contributed by atoms with Crippen molar-refractivity contribution in [3.8, 4) is 17.0 Å². The summed E-state index contributed by atoms with van der Waals surface area (Å²) < 4.78 is 7.82. The number of halogens is 2. The summed E-state index contributed by atoms with van der Waals surface area (Å²) in [6.45, 7) is 8.95. The molecule has 5 nitrogen and oxygen atoms in total. The van der Waals surface area contributed by atoms with Crippen LogP contribution in [-0.2, 0) is 6.54 Å². The molecule has 2 aromatic heterocycles. The predicted octanol–water partition coefficient (Wildman–Crippen LogP) is 4.89. The number of hydrogen-bond acceptors (Lipinski definition) is 4. The Morgan fingerprint density at radius 3 is 2.69 bits per heavy atom. The van der Waals surface area contributed by atoms with E-state index < -0.39 is 0 Å². The Balaban J connectivity index is 1.76. The lowest BCUT2D eigenvalue weighted by Crippen LogP contribution is -2.28. The Morgan fingerprint density at radius 2 is 1.93 bits per heavy atom. The number of ether oxygens (including phenoxy) is 1. The molecular weight excluding hydrogens is 407 g/mol. The van der Waals surface area contributed by atoms with Crippen molar-refractivity contribution in [1.82, 2.24) is 19.6 Å². The van der Waals surface area contributed by atoms with Crippen molar-refractivity contribution in [2.24, 2.45) is 0 Å². The van der Waals surface area contributed by atoms with Crippen LogP contribution >= 0.6 is 23.2 Å². The second kappa shape index (κ2) is 8.92. The quantitative estimate of drug-likeness (QED) is 0.622. The second-order valence-electron chi connectivity index (χ2n) is 7.68. The summed E-state index contributed by atoms with van der Waals surface area (Å²) in [5.74, 6) is 0.855. The third kappa shape index (κ3) is 4.69. The molecule has 4 rings (SSSR count). The molecule has 0 radical (unpaired) electrons. The molecule has 0 amide bonds. The number of imidazole rings is 1. The first-order valence-corrected chi connectivity index (χ1v) is 10.8. The van der Waals surface area contributed by atoms with Crippen LogP contribution in [-0.4, -0.2) is 46.6 Å². The number of hydrogen-bond donors (Lipinski definition) is 1. The van der Waals surface area contributed by atoms with Crippen LogP contribution in [0.5, 0.6) is 5.75 Å². The van der Waals surface area contributed by atoms with Crippen LogP contribution in [0.4, 0.5) is 0 Å². The average Bonchev–Trinajstić information content (AvgIpc) is 2.85. The fourth-order valence-corrected chi connectivity index (χ4v) is 4.25. The first-order valence-electron chi connectivity index (χ1n) is 10.1. The van der Waals surface area contributed by atoms with Gasteiger partial charge in [0.15, 0.2) is 5.65 Å². The molecule has 0 spiro atoms. The van der Waals surface area contributed by atoms with E-state index in [0.29, 0.717) is 10.0 Å². The molecule has 1 N–H and O–H groups in total. The zero-order valence-corrected chi connectivity index (χ0v) is 18.3. The van der Waals surface area contributed by atoms with Crippen molar-refractivity contribution in [1.29, 1.82) is 0 Å². The van der Waals surface area contributed by atoms with Gasteiger partial charge in [0.1, 0.15) is 5.75 Å². The van der Waals surface area contributed by atoms with E-state index >= 15 is 0 Å². The van der Waals surface area contributed by atoms with Crippen LogP contribution in [0.1, 0.15) is 26.0 Å².